The maximum atomic E-state index is 12.2. The Balaban J connectivity index is 2.56. The second kappa shape index (κ2) is 5.34. The van der Waals surface area contributed by atoms with Crippen LogP contribution in [-0.4, -0.2) is 22.5 Å². The molecule has 2 rings (SSSR count). The number of hydrogen-bond acceptors (Lipinski definition) is 5. The molecule has 0 atom stereocenters. The van der Waals surface area contributed by atoms with Gasteiger partial charge < -0.3 is 4.57 Å². The Bertz CT molecular complexity index is 917. The summed E-state index contributed by atoms with van der Waals surface area (Å²) in [5, 5.41) is 0.101. The van der Waals surface area contributed by atoms with Gasteiger partial charge >= 0.3 is 5.69 Å². The van der Waals surface area contributed by atoms with Gasteiger partial charge in [0.1, 0.15) is 11.0 Å². The summed E-state index contributed by atoms with van der Waals surface area (Å²) in [5.41, 5.74) is -1.55. The molecule has 0 aromatic carbocycles. The van der Waals surface area contributed by atoms with E-state index in [1.807, 2.05) is 0 Å². The maximum Gasteiger partial charge on any atom is 0.330 e. The first kappa shape index (κ1) is 15.3. The molecule has 2 aromatic heterocycles. The van der Waals surface area contributed by atoms with E-state index in [-0.39, 0.29) is 11.0 Å². The summed E-state index contributed by atoms with van der Waals surface area (Å²) in [6, 6.07) is 4.37. The van der Waals surface area contributed by atoms with Crippen molar-refractivity contribution in [3.8, 4) is 0 Å². The van der Waals surface area contributed by atoms with E-state index in [1.54, 1.807) is 0 Å². The Morgan fingerprint density at radius 3 is 2.52 bits per heavy atom. The van der Waals surface area contributed by atoms with E-state index in [2.05, 4.69) is 9.71 Å². The number of rotatable bonds is 3. The molecule has 2 heterocycles. The van der Waals surface area contributed by atoms with Crippen LogP contribution >= 0.6 is 11.6 Å². The molecule has 0 saturated heterocycles. The molecule has 0 radical (unpaired) electrons. The van der Waals surface area contributed by atoms with Gasteiger partial charge in [0.15, 0.2) is 4.90 Å². The second-order valence-corrected chi connectivity index (χ2v) is 6.24. The lowest BCUT2D eigenvalue weighted by molar-refractivity contribution is 0.589. The summed E-state index contributed by atoms with van der Waals surface area (Å²) >= 11 is 5.66. The van der Waals surface area contributed by atoms with Gasteiger partial charge in [-0.1, -0.05) is 17.7 Å². The average Bonchev–Trinajstić information content (AvgIpc) is 2.40. The van der Waals surface area contributed by atoms with E-state index < -0.39 is 26.2 Å². The van der Waals surface area contributed by atoms with Gasteiger partial charge in [-0.05, 0) is 12.1 Å². The minimum absolute atomic E-state index is 0.0293. The standard InChI is InChI=1S/C11H11ClN4O4S/c1-15-6-7(10(17)16(2)11(15)18)21(19,20)14-9-5-3-4-8(12)13-9/h3-6H,1-2H3,(H,13,14). The van der Waals surface area contributed by atoms with Gasteiger partial charge in [-0.25, -0.2) is 18.2 Å². The predicted octanol–water partition coefficient (Wildman–Crippen LogP) is -0.0668. The number of nitrogens with one attached hydrogen (secondary N) is 1. The van der Waals surface area contributed by atoms with Gasteiger partial charge in [0.25, 0.3) is 15.6 Å². The minimum Gasteiger partial charge on any atom is -0.302 e. The summed E-state index contributed by atoms with van der Waals surface area (Å²) < 4.78 is 28.3. The lowest BCUT2D eigenvalue weighted by atomic mass is 10.5. The largest absolute Gasteiger partial charge is 0.330 e. The molecule has 0 spiro atoms. The van der Waals surface area contributed by atoms with Gasteiger partial charge in [0.05, 0.1) is 0 Å². The third-order valence-electron chi connectivity index (χ3n) is 2.66. The Morgan fingerprint density at radius 2 is 1.90 bits per heavy atom. The van der Waals surface area contributed by atoms with Crippen LogP contribution in [0.5, 0.6) is 0 Å². The number of hydrogen-bond donors (Lipinski definition) is 1. The highest BCUT2D eigenvalue weighted by atomic mass is 35.5. The summed E-state index contributed by atoms with van der Waals surface area (Å²) in [6.45, 7) is 0. The van der Waals surface area contributed by atoms with Crippen molar-refractivity contribution in [2.75, 3.05) is 4.72 Å². The molecule has 10 heteroatoms. The molecule has 21 heavy (non-hydrogen) atoms. The van der Waals surface area contributed by atoms with Gasteiger partial charge in [0, 0.05) is 20.3 Å². The van der Waals surface area contributed by atoms with Crippen molar-refractivity contribution in [3.05, 3.63) is 50.4 Å². The van der Waals surface area contributed by atoms with E-state index in [0.717, 1.165) is 10.8 Å². The van der Waals surface area contributed by atoms with Crippen molar-refractivity contribution in [1.29, 1.82) is 0 Å². The van der Waals surface area contributed by atoms with Crippen LogP contribution < -0.4 is 16.0 Å². The fourth-order valence-corrected chi connectivity index (χ4v) is 2.94. The molecule has 0 unspecified atom stereocenters. The number of sulfonamides is 1. The maximum absolute atomic E-state index is 12.2. The number of nitrogens with zero attached hydrogens (tertiary/aromatic N) is 3. The van der Waals surface area contributed by atoms with E-state index in [1.165, 1.54) is 32.3 Å². The highest BCUT2D eigenvalue weighted by Gasteiger charge is 2.22. The first-order valence-electron chi connectivity index (χ1n) is 5.64. The average molecular weight is 331 g/mol. The molecule has 2 aromatic rings. The Morgan fingerprint density at radius 1 is 1.24 bits per heavy atom. The van der Waals surface area contributed by atoms with Gasteiger partial charge in [0.2, 0.25) is 0 Å². The Hall–Kier alpha value is -2.13. The van der Waals surface area contributed by atoms with Crippen LogP contribution in [0, 0.1) is 0 Å². The molecule has 8 nitrogen and oxygen atoms in total. The predicted molar refractivity (Wildman–Crippen MR) is 77.0 cm³/mol. The van der Waals surface area contributed by atoms with Gasteiger partial charge in [-0.15, -0.1) is 0 Å². The van der Waals surface area contributed by atoms with Crippen LogP contribution in [-0.2, 0) is 24.1 Å². The molecular weight excluding hydrogens is 320 g/mol. The monoisotopic (exact) mass is 330 g/mol. The van der Waals surface area contributed by atoms with Crippen LogP contribution in [0.1, 0.15) is 0 Å². The number of aromatic nitrogens is 3. The summed E-state index contributed by atoms with van der Waals surface area (Å²) in [6.07, 6.45) is 0.956. The molecule has 0 amide bonds. The number of anilines is 1. The van der Waals surface area contributed by atoms with E-state index in [4.69, 9.17) is 11.6 Å². The lowest BCUT2D eigenvalue weighted by Gasteiger charge is -2.09. The fraction of sp³-hybridized carbons (Fsp3) is 0.182. The molecule has 1 N–H and O–H groups in total. The number of halogens is 1. The smallest absolute Gasteiger partial charge is 0.302 e. The molecule has 0 bridgehead atoms. The molecule has 0 aliphatic carbocycles. The molecule has 112 valence electrons. The highest BCUT2D eigenvalue weighted by Crippen LogP contribution is 2.13. The van der Waals surface area contributed by atoms with Crippen molar-refractivity contribution >= 4 is 27.4 Å². The Kier molecular flexibility index (Phi) is 3.88. The van der Waals surface area contributed by atoms with Crippen molar-refractivity contribution in [2.45, 2.75) is 4.90 Å². The third-order valence-corrected chi connectivity index (χ3v) is 4.21. The van der Waals surface area contributed by atoms with Crippen molar-refractivity contribution < 1.29 is 8.42 Å². The number of aryl methyl sites for hydroxylation is 1. The lowest BCUT2D eigenvalue weighted by Crippen LogP contribution is -2.40. The zero-order valence-electron chi connectivity index (χ0n) is 11.1. The van der Waals surface area contributed by atoms with E-state index >= 15 is 0 Å². The summed E-state index contributed by atoms with van der Waals surface area (Å²) in [4.78, 5) is 26.7. The van der Waals surface area contributed by atoms with E-state index in [0.29, 0.717) is 4.57 Å². The first-order valence-corrected chi connectivity index (χ1v) is 7.50. The van der Waals surface area contributed by atoms with Crippen LogP contribution in [0.4, 0.5) is 5.82 Å². The summed E-state index contributed by atoms with van der Waals surface area (Å²) in [5.74, 6) is -0.0293. The zero-order valence-corrected chi connectivity index (χ0v) is 12.6. The van der Waals surface area contributed by atoms with Crippen molar-refractivity contribution in [1.82, 2.24) is 14.1 Å². The quantitative estimate of drug-likeness (QED) is 0.794. The molecule has 0 saturated carbocycles. The van der Waals surface area contributed by atoms with Crippen LogP contribution in [0.15, 0.2) is 38.9 Å². The van der Waals surface area contributed by atoms with E-state index in [9.17, 15) is 18.0 Å². The van der Waals surface area contributed by atoms with Crippen molar-refractivity contribution in [2.24, 2.45) is 14.1 Å². The zero-order chi connectivity index (χ0) is 15.8. The molecule has 0 aliphatic rings. The van der Waals surface area contributed by atoms with Crippen LogP contribution in [0.3, 0.4) is 0 Å². The fourth-order valence-electron chi connectivity index (χ4n) is 1.62. The molecule has 0 fully saturated rings. The topological polar surface area (TPSA) is 103 Å². The normalized spacial score (nSPS) is 11.4. The van der Waals surface area contributed by atoms with Gasteiger partial charge in [-0.2, -0.15) is 0 Å². The third kappa shape index (κ3) is 2.98. The van der Waals surface area contributed by atoms with Gasteiger partial charge in [-0.3, -0.25) is 14.1 Å². The van der Waals surface area contributed by atoms with Crippen molar-refractivity contribution in [3.63, 3.8) is 0 Å². The highest BCUT2D eigenvalue weighted by molar-refractivity contribution is 7.92. The van der Waals surface area contributed by atoms with Crippen LogP contribution in [0.25, 0.3) is 0 Å². The second-order valence-electron chi connectivity index (χ2n) is 4.20. The molecular formula is C11H11ClN4O4S. The Labute approximate surface area is 124 Å². The van der Waals surface area contributed by atoms with Crippen LogP contribution in [0.2, 0.25) is 5.15 Å². The molecule has 0 aliphatic heterocycles. The SMILES string of the molecule is Cn1cc(S(=O)(=O)Nc2cccc(Cl)n2)c(=O)n(C)c1=O. The number of pyridine rings is 1. The minimum atomic E-state index is -4.19. The first-order chi connectivity index (χ1) is 9.72. The summed E-state index contributed by atoms with van der Waals surface area (Å²) in [7, 11) is -1.65.